The maximum Gasteiger partial charge on any atom is 0.250 e. The molecule has 1 atom stereocenters. The molecule has 40 heavy (non-hydrogen) atoms. The molecule has 0 radical (unpaired) electrons. The number of hydrogen-bond acceptors (Lipinski definition) is 8. The van der Waals surface area contributed by atoms with E-state index in [1.807, 2.05) is 24.3 Å². The molecule has 1 aliphatic heterocycles. The van der Waals surface area contributed by atoms with Gasteiger partial charge in [-0.3, -0.25) is 14.7 Å². The Morgan fingerprint density at radius 1 is 1.07 bits per heavy atom. The van der Waals surface area contributed by atoms with Crippen LogP contribution >= 0.6 is 0 Å². The van der Waals surface area contributed by atoms with Gasteiger partial charge in [-0.15, -0.1) is 0 Å². The molecule has 1 aliphatic carbocycles. The van der Waals surface area contributed by atoms with Gasteiger partial charge in [0.25, 0.3) is 5.91 Å². The number of ketones is 1. The van der Waals surface area contributed by atoms with Crippen LogP contribution in [0.5, 0.6) is 0 Å². The summed E-state index contributed by atoms with van der Waals surface area (Å²) in [5.41, 5.74) is 10.1. The van der Waals surface area contributed by atoms with Crippen LogP contribution in [0.3, 0.4) is 0 Å². The second kappa shape index (κ2) is 11.5. The first-order valence-electron chi connectivity index (χ1n) is 14.0. The van der Waals surface area contributed by atoms with Gasteiger partial charge in [0.15, 0.2) is 5.78 Å². The third-order valence-electron chi connectivity index (χ3n) is 7.80. The lowest BCUT2D eigenvalue weighted by molar-refractivity contribution is 0.0984. The zero-order valence-electron chi connectivity index (χ0n) is 22.4. The van der Waals surface area contributed by atoms with Crippen LogP contribution in [0.4, 0.5) is 5.82 Å². The van der Waals surface area contributed by atoms with Crippen molar-refractivity contribution < 1.29 is 9.59 Å². The second-order valence-corrected chi connectivity index (χ2v) is 10.7. The van der Waals surface area contributed by atoms with Crippen molar-refractivity contribution in [3.8, 4) is 0 Å². The van der Waals surface area contributed by atoms with Gasteiger partial charge < -0.3 is 21.3 Å². The van der Waals surface area contributed by atoms with Gasteiger partial charge >= 0.3 is 0 Å². The van der Waals surface area contributed by atoms with Crippen LogP contribution in [0.1, 0.15) is 68.9 Å². The number of para-hydroxylation sites is 1. The number of aromatic amines is 1. The van der Waals surface area contributed by atoms with Gasteiger partial charge in [-0.25, -0.2) is 9.97 Å². The zero-order chi connectivity index (χ0) is 27.5. The monoisotopic (exact) mass is 538 g/mol. The van der Waals surface area contributed by atoms with Crippen LogP contribution in [0.15, 0.2) is 54.9 Å². The molecular formula is C30H34N8O2. The zero-order valence-corrected chi connectivity index (χ0v) is 22.4. The summed E-state index contributed by atoms with van der Waals surface area (Å²) >= 11 is 0. The van der Waals surface area contributed by atoms with E-state index in [1.165, 1.54) is 6.33 Å². The quantitative estimate of drug-likeness (QED) is 0.213. The van der Waals surface area contributed by atoms with Crippen LogP contribution < -0.4 is 16.4 Å². The van der Waals surface area contributed by atoms with Crippen LogP contribution in [-0.2, 0) is 6.42 Å². The molecule has 6 rings (SSSR count). The Labute approximate surface area is 232 Å². The Morgan fingerprint density at radius 2 is 1.90 bits per heavy atom. The van der Waals surface area contributed by atoms with E-state index in [-0.39, 0.29) is 18.2 Å². The Bertz CT molecular complexity index is 1520. The third kappa shape index (κ3) is 5.88. The summed E-state index contributed by atoms with van der Waals surface area (Å²) in [7, 11) is 0. The summed E-state index contributed by atoms with van der Waals surface area (Å²) in [5, 5.41) is 15.1. The van der Waals surface area contributed by atoms with Crippen LogP contribution in [-0.4, -0.2) is 69.5 Å². The molecule has 2 fully saturated rings. The van der Waals surface area contributed by atoms with Crippen molar-refractivity contribution in [1.29, 1.82) is 0 Å². The predicted octanol–water partition coefficient (Wildman–Crippen LogP) is 3.20. The molecule has 2 aromatic heterocycles. The molecule has 2 aliphatic rings. The first-order chi connectivity index (χ1) is 19.5. The van der Waals surface area contributed by atoms with Crippen molar-refractivity contribution in [2.45, 2.75) is 37.6 Å². The van der Waals surface area contributed by atoms with E-state index in [2.05, 4.69) is 47.8 Å². The highest BCUT2D eigenvalue weighted by atomic mass is 16.1. The number of nitrogens with one attached hydrogen (secondary N) is 3. The molecule has 10 nitrogen and oxygen atoms in total. The van der Waals surface area contributed by atoms with Gasteiger partial charge in [0, 0.05) is 56.1 Å². The number of primary amides is 1. The lowest BCUT2D eigenvalue weighted by Crippen LogP contribution is -2.44. The van der Waals surface area contributed by atoms with Crippen LogP contribution in [0, 0.1) is 0 Å². The molecule has 3 heterocycles. The average Bonchev–Trinajstić information content (AvgIpc) is 3.71. The number of hydrogen-bond donors (Lipinski definition) is 4. The number of nitrogens with two attached hydrogens (primary N) is 1. The summed E-state index contributed by atoms with van der Waals surface area (Å²) < 4.78 is 0. The summed E-state index contributed by atoms with van der Waals surface area (Å²) in [5.74, 6) is 0.649. The fourth-order valence-electron chi connectivity index (χ4n) is 5.41. The highest BCUT2D eigenvalue weighted by Crippen LogP contribution is 2.39. The molecule has 1 saturated carbocycles. The fourth-order valence-corrected chi connectivity index (χ4v) is 5.41. The number of H-pyrrole nitrogens is 1. The van der Waals surface area contributed by atoms with Crippen molar-refractivity contribution in [1.82, 2.24) is 30.4 Å². The molecule has 4 aromatic rings. The van der Waals surface area contributed by atoms with Gasteiger partial charge in [-0.1, -0.05) is 30.3 Å². The lowest BCUT2D eigenvalue weighted by Gasteiger charge is -2.29. The van der Waals surface area contributed by atoms with Crippen LogP contribution in [0.25, 0.3) is 10.9 Å². The highest BCUT2D eigenvalue weighted by Gasteiger charge is 2.26. The lowest BCUT2D eigenvalue weighted by atomic mass is 9.98. The molecule has 1 saturated heterocycles. The minimum Gasteiger partial charge on any atom is -0.366 e. The first-order valence-corrected chi connectivity index (χ1v) is 14.0. The van der Waals surface area contributed by atoms with Gasteiger partial charge in [-0.2, -0.15) is 5.10 Å². The van der Waals surface area contributed by atoms with Crippen molar-refractivity contribution in [3.63, 3.8) is 0 Å². The number of Topliss-reactive ketones (excluding diaryl/α,β-unsaturated/α-hetero) is 1. The summed E-state index contributed by atoms with van der Waals surface area (Å²) in [6.07, 6.45) is 4.89. The molecule has 2 aromatic carbocycles. The third-order valence-corrected chi connectivity index (χ3v) is 7.80. The van der Waals surface area contributed by atoms with Crippen molar-refractivity contribution >= 4 is 28.4 Å². The number of aromatic nitrogens is 4. The van der Waals surface area contributed by atoms with E-state index in [1.54, 1.807) is 12.1 Å². The Kier molecular flexibility index (Phi) is 7.52. The number of rotatable bonds is 11. The maximum atomic E-state index is 13.0. The van der Waals surface area contributed by atoms with E-state index < -0.39 is 5.91 Å². The van der Waals surface area contributed by atoms with Crippen molar-refractivity contribution in [2.75, 3.05) is 38.0 Å². The minimum atomic E-state index is -0.524. The number of fused-ring (bicyclic) bond motifs is 1. The van der Waals surface area contributed by atoms with Gasteiger partial charge in [-0.05, 0) is 48.6 Å². The number of amides is 1. The summed E-state index contributed by atoms with van der Waals surface area (Å²) in [6.45, 7) is 4.89. The van der Waals surface area contributed by atoms with Gasteiger partial charge in [0.1, 0.15) is 17.8 Å². The topological polar surface area (TPSA) is 142 Å². The molecule has 0 bridgehead atoms. The number of carbonyl (C=O) groups excluding carboxylic acids is 2. The summed E-state index contributed by atoms with van der Waals surface area (Å²) in [4.78, 5) is 36.4. The number of piperazine rings is 1. The molecule has 1 amide bonds. The first kappa shape index (κ1) is 26.1. The Balaban J connectivity index is 1.26. The Morgan fingerprint density at radius 3 is 2.70 bits per heavy atom. The second-order valence-electron chi connectivity index (χ2n) is 10.7. The fraction of sp³-hybridized carbons (Fsp3) is 0.367. The smallest absolute Gasteiger partial charge is 0.250 e. The predicted molar refractivity (Wildman–Crippen MR) is 153 cm³/mol. The highest BCUT2D eigenvalue weighted by molar-refractivity contribution is 6.06. The SMILES string of the molecule is NC(=O)c1cccc2c(NC(CCN3CCNCC3)c3cccc(CC(=O)c4cc(C5CC5)[nH]n4)c3)ncnc12. The summed E-state index contributed by atoms with van der Waals surface area (Å²) in [6, 6.07) is 15.4. The largest absolute Gasteiger partial charge is 0.366 e. The van der Waals surface area contributed by atoms with E-state index >= 15 is 0 Å². The number of carbonyl (C=O) groups is 2. The molecule has 10 heteroatoms. The van der Waals surface area contributed by atoms with Crippen LogP contribution in [0.2, 0.25) is 0 Å². The van der Waals surface area contributed by atoms with Gasteiger partial charge in [0.2, 0.25) is 0 Å². The van der Waals surface area contributed by atoms with E-state index in [0.717, 1.165) is 74.2 Å². The van der Waals surface area contributed by atoms with Crippen molar-refractivity contribution in [2.24, 2.45) is 5.73 Å². The number of nitrogens with zero attached hydrogens (tertiary/aromatic N) is 4. The standard InChI is InChI=1S/C30H34N8O2/c31-29(40)22-5-2-6-23-28(22)33-18-34-30(23)35-24(9-12-38-13-10-32-11-14-38)21-4-1-3-19(15-21)16-27(39)26-17-25(36-37-26)20-7-8-20/h1-6,15,17-18,20,24,32H,7-14,16H2,(H2,31,40)(H,36,37)(H,33,34,35). The maximum absolute atomic E-state index is 13.0. The average molecular weight is 539 g/mol. The van der Waals surface area contributed by atoms with E-state index in [9.17, 15) is 9.59 Å². The molecule has 1 unspecified atom stereocenters. The molecule has 5 N–H and O–H groups in total. The van der Waals surface area contributed by atoms with Crippen molar-refractivity contribution in [3.05, 3.63) is 82.9 Å². The number of anilines is 1. The van der Waals surface area contributed by atoms with E-state index in [4.69, 9.17) is 5.73 Å². The Hall–Kier alpha value is -4.15. The van der Waals surface area contributed by atoms with E-state index in [0.29, 0.717) is 28.5 Å². The minimum absolute atomic E-state index is 0.00593. The molecular weight excluding hydrogens is 504 g/mol. The molecule has 0 spiro atoms. The number of benzene rings is 2. The van der Waals surface area contributed by atoms with Gasteiger partial charge in [0.05, 0.1) is 17.1 Å². The normalized spacial score (nSPS) is 16.6. The molecule has 206 valence electrons.